The van der Waals surface area contributed by atoms with E-state index in [1.165, 1.54) is 0 Å². The molecule has 0 saturated carbocycles. The van der Waals surface area contributed by atoms with Crippen LogP contribution < -0.4 is 0 Å². The molecule has 0 radical (unpaired) electrons. The Labute approximate surface area is 86.0 Å². The van der Waals surface area contributed by atoms with Crippen LogP contribution in [0.15, 0.2) is 10.3 Å². The Kier molecular flexibility index (Phi) is 3.81. The number of aromatic carboxylic acids is 1. The smallest absolute Gasteiger partial charge is 0.337 e. The van der Waals surface area contributed by atoms with Gasteiger partial charge in [-0.25, -0.2) is 4.79 Å². The molecule has 72 valence electrons. The molecular formula is C9H12O2S2. The van der Waals surface area contributed by atoms with Crippen molar-refractivity contribution in [3.05, 3.63) is 16.5 Å². The zero-order valence-electron chi connectivity index (χ0n) is 7.66. The summed E-state index contributed by atoms with van der Waals surface area (Å²) in [7, 11) is 0. The zero-order valence-corrected chi connectivity index (χ0v) is 9.30. The number of carboxylic acids is 1. The summed E-state index contributed by atoms with van der Waals surface area (Å²) in [5, 5.41) is 8.89. The third-order valence-electron chi connectivity index (χ3n) is 1.60. The van der Waals surface area contributed by atoms with Crippen LogP contribution in [-0.2, 0) is 6.42 Å². The number of hydrogen-bond donors (Lipinski definition) is 1. The van der Waals surface area contributed by atoms with Gasteiger partial charge in [-0.3, -0.25) is 0 Å². The molecule has 1 N–H and O–H groups in total. The van der Waals surface area contributed by atoms with Crippen molar-refractivity contribution in [1.29, 1.82) is 0 Å². The Hall–Kier alpha value is -0.480. The summed E-state index contributed by atoms with van der Waals surface area (Å²) < 4.78 is 0.937. The average Bonchev–Trinajstić information content (AvgIpc) is 2.48. The highest BCUT2D eigenvalue weighted by atomic mass is 32.2. The quantitative estimate of drug-likeness (QED) is 0.786. The van der Waals surface area contributed by atoms with E-state index in [9.17, 15) is 4.79 Å². The molecule has 0 saturated heterocycles. The summed E-state index contributed by atoms with van der Waals surface area (Å²) in [6, 6.07) is 1.78. The van der Waals surface area contributed by atoms with Gasteiger partial charge in [-0.1, -0.05) is 13.8 Å². The summed E-state index contributed by atoms with van der Waals surface area (Å²) in [5.74, 6) is 0.108. The van der Waals surface area contributed by atoms with Crippen molar-refractivity contribution in [2.45, 2.75) is 24.5 Å². The number of carboxylic acid groups (broad SMARTS) is 1. The number of thioether (sulfide) groups is 1. The van der Waals surface area contributed by atoms with Gasteiger partial charge < -0.3 is 5.11 Å². The molecule has 0 spiro atoms. The van der Waals surface area contributed by atoms with E-state index >= 15 is 0 Å². The van der Waals surface area contributed by atoms with Crippen molar-refractivity contribution in [3.63, 3.8) is 0 Å². The molecule has 2 nitrogen and oxygen atoms in total. The number of rotatable bonds is 4. The van der Waals surface area contributed by atoms with Gasteiger partial charge >= 0.3 is 5.97 Å². The van der Waals surface area contributed by atoms with Gasteiger partial charge in [0, 0.05) is 4.88 Å². The minimum absolute atomic E-state index is 0.466. The number of thiophene rings is 1. The van der Waals surface area contributed by atoms with Crippen LogP contribution in [0.4, 0.5) is 0 Å². The van der Waals surface area contributed by atoms with Crippen molar-refractivity contribution in [1.82, 2.24) is 0 Å². The molecular weight excluding hydrogens is 204 g/mol. The molecule has 0 aliphatic rings. The second-order valence-electron chi connectivity index (χ2n) is 2.51. The largest absolute Gasteiger partial charge is 0.478 e. The van der Waals surface area contributed by atoms with Gasteiger partial charge in [-0.15, -0.1) is 23.1 Å². The van der Waals surface area contributed by atoms with Crippen LogP contribution in [0.3, 0.4) is 0 Å². The lowest BCUT2D eigenvalue weighted by Crippen LogP contribution is -1.94. The van der Waals surface area contributed by atoms with E-state index in [0.29, 0.717) is 5.56 Å². The Morgan fingerprint density at radius 3 is 2.77 bits per heavy atom. The van der Waals surface area contributed by atoms with Gasteiger partial charge in [0.05, 0.1) is 9.77 Å². The maximum absolute atomic E-state index is 10.8. The normalized spacial score (nSPS) is 10.3. The monoisotopic (exact) mass is 216 g/mol. The molecule has 0 unspecified atom stereocenters. The van der Waals surface area contributed by atoms with Crippen molar-refractivity contribution < 1.29 is 9.90 Å². The van der Waals surface area contributed by atoms with Gasteiger partial charge in [-0.2, -0.15) is 0 Å². The summed E-state index contributed by atoms with van der Waals surface area (Å²) in [4.78, 5) is 12.0. The van der Waals surface area contributed by atoms with Crippen LogP contribution in [0, 0.1) is 0 Å². The highest BCUT2D eigenvalue weighted by Gasteiger charge is 2.13. The van der Waals surface area contributed by atoms with Crippen LogP contribution in [0.1, 0.15) is 29.1 Å². The molecule has 0 aromatic carbocycles. The lowest BCUT2D eigenvalue weighted by Gasteiger charge is -1.94. The van der Waals surface area contributed by atoms with Gasteiger partial charge in [0.2, 0.25) is 0 Å². The van der Waals surface area contributed by atoms with Crippen LogP contribution in [0.2, 0.25) is 0 Å². The van der Waals surface area contributed by atoms with Crippen LogP contribution in [-0.4, -0.2) is 16.8 Å². The van der Waals surface area contributed by atoms with Gasteiger partial charge in [0.1, 0.15) is 0 Å². The van der Waals surface area contributed by atoms with Crippen LogP contribution >= 0.6 is 23.1 Å². The molecule has 0 aliphatic heterocycles. The van der Waals surface area contributed by atoms with Gasteiger partial charge in [0.15, 0.2) is 0 Å². The molecule has 0 amide bonds. The maximum Gasteiger partial charge on any atom is 0.337 e. The fourth-order valence-corrected chi connectivity index (χ4v) is 3.27. The summed E-state index contributed by atoms with van der Waals surface area (Å²) in [6.07, 6.45) is 0.912. The molecule has 0 atom stereocenters. The highest BCUT2D eigenvalue weighted by Crippen LogP contribution is 2.32. The summed E-state index contributed by atoms with van der Waals surface area (Å²) in [6.45, 7) is 4.07. The summed E-state index contributed by atoms with van der Waals surface area (Å²) >= 11 is 3.20. The molecule has 0 bridgehead atoms. The van der Waals surface area contributed by atoms with E-state index in [2.05, 4.69) is 0 Å². The third kappa shape index (κ3) is 2.48. The Balaban J connectivity index is 3.00. The van der Waals surface area contributed by atoms with Crippen molar-refractivity contribution in [2.75, 3.05) is 5.75 Å². The molecule has 4 heteroatoms. The zero-order chi connectivity index (χ0) is 9.84. The molecule has 1 rings (SSSR count). The SMILES string of the molecule is CCSc1sc(CC)cc1C(=O)O. The fraction of sp³-hybridized carbons (Fsp3) is 0.444. The molecule has 1 aromatic rings. The molecule has 0 fully saturated rings. The van der Waals surface area contributed by atoms with E-state index in [1.54, 1.807) is 29.2 Å². The van der Waals surface area contributed by atoms with Gasteiger partial charge in [0.25, 0.3) is 0 Å². The first kappa shape index (κ1) is 10.6. The first-order valence-electron chi connectivity index (χ1n) is 4.17. The summed E-state index contributed by atoms with van der Waals surface area (Å²) in [5.41, 5.74) is 0.466. The van der Waals surface area contributed by atoms with E-state index in [0.717, 1.165) is 21.3 Å². The second kappa shape index (κ2) is 4.67. The van der Waals surface area contributed by atoms with E-state index in [4.69, 9.17) is 5.11 Å². The predicted molar refractivity (Wildman–Crippen MR) is 57.1 cm³/mol. The maximum atomic E-state index is 10.8. The van der Waals surface area contributed by atoms with Crippen LogP contribution in [0.5, 0.6) is 0 Å². The molecule has 13 heavy (non-hydrogen) atoms. The minimum atomic E-state index is -0.813. The Bertz CT molecular complexity index is 305. The second-order valence-corrected chi connectivity index (χ2v) is 5.18. The third-order valence-corrected chi connectivity index (χ3v) is 4.05. The average molecular weight is 216 g/mol. The lowest BCUT2D eigenvalue weighted by molar-refractivity contribution is 0.0694. The molecule has 0 aliphatic carbocycles. The minimum Gasteiger partial charge on any atom is -0.478 e. The standard InChI is InChI=1S/C9H12O2S2/c1-3-6-5-7(8(10)11)9(13-6)12-4-2/h5H,3-4H2,1-2H3,(H,10,11). The number of carbonyl (C=O) groups is 1. The van der Waals surface area contributed by atoms with Crippen molar-refractivity contribution in [2.24, 2.45) is 0 Å². The topological polar surface area (TPSA) is 37.3 Å². The molecule has 1 aromatic heterocycles. The van der Waals surface area contributed by atoms with E-state index in [1.807, 2.05) is 13.8 Å². The number of aryl methyl sites for hydroxylation is 1. The molecule has 1 heterocycles. The van der Waals surface area contributed by atoms with Crippen molar-refractivity contribution >= 4 is 29.1 Å². The Morgan fingerprint density at radius 1 is 1.62 bits per heavy atom. The fourth-order valence-electron chi connectivity index (χ4n) is 0.985. The first-order valence-corrected chi connectivity index (χ1v) is 5.98. The van der Waals surface area contributed by atoms with E-state index in [-0.39, 0.29) is 0 Å². The van der Waals surface area contributed by atoms with Gasteiger partial charge in [-0.05, 0) is 18.2 Å². The Morgan fingerprint density at radius 2 is 2.31 bits per heavy atom. The highest BCUT2D eigenvalue weighted by molar-refractivity contribution is 8.01. The first-order chi connectivity index (χ1) is 6.19. The predicted octanol–water partition coefficient (Wildman–Crippen LogP) is 3.12. The van der Waals surface area contributed by atoms with E-state index < -0.39 is 5.97 Å². The number of hydrogen-bond acceptors (Lipinski definition) is 3. The van der Waals surface area contributed by atoms with Crippen molar-refractivity contribution in [3.8, 4) is 0 Å². The van der Waals surface area contributed by atoms with Crippen LogP contribution in [0.25, 0.3) is 0 Å². The lowest BCUT2D eigenvalue weighted by atomic mass is 10.3.